The number of carbonyl (C=O) groups is 1. The van der Waals surface area contributed by atoms with Crippen molar-refractivity contribution in [1.29, 1.82) is 0 Å². The number of hydrogen-bond acceptors (Lipinski definition) is 9. The van der Waals surface area contributed by atoms with Gasteiger partial charge >= 0.3 is 6.09 Å². The zero-order valence-corrected chi connectivity index (χ0v) is 22.1. The quantitative estimate of drug-likeness (QED) is 0.301. The van der Waals surface area contributed by atoms with Crippen molar-refractivity contribution in [3.05, 3.63) is 59.6 Å². The lowest BCUT2D eigenvalue weighted by Gasteiger charge is -2.22. The third kappa shape index (κ3) is 4.56. The molecule has 39 heavy (non-hydrogen) atoms. The maximum atomic E-state index is 15.2. The molecule has 0 radical (unpaired) electrons. The van der Waals surface area contributed by atoms with Gasteiger partial charge in [-0.3, -0.25) is 4.90 Å². The molecule has 1 aliphatic rings. The lowest BCUT2D eigenvalue weighted by atomic mass is 10.1. The molecule has 0 aliphatic carbocycles. The van der Waals surface area contributed by atoms with Crippen LogP contribution in [0.15, 0.2) is 36.8 Å². The Kier molecular flexibility index (Phi) is 6.18. The van der Waals surface area contributed by atoms with E-state index in [2.05, 4.69) is 19.9 Å². The summed E-state index contributed by atoms with van der Waals surface area (Å²) in [5, 5.41) is 10.5. The second kappa shape index (κ2) is 9.70. The molecule has 5 aromatic rings. The Morgan fingerprint density at radius 3 is 2.69 bits per heavy atom. The maximum absolute atomic E-state index is 15.2. The topological polar surface area (TPSA) is 123 Å². The van der Waals surface area contributed by atoms with Crippen LogP contribution in [-0.4, -0.2) is 55.4 Å². The lowest BCUT2D eigenvalue weighted by molar-refractivity contribution is 0.190. The highest BCUT2D eigenvalue weighted by atomic mass is 32.1. The third-order valence-electron chi connectivity index (χ3n) is 6.39. The molecule has 0 bridgehead atoms. The number of aromatic nitrogens is 5. The van der Waals surface area contributed by atoms with E-state index in [-0.39, 0.29) is 12.3 Å². The Bertz CT molecular complexity index is 1740. The van der Waals surface area contributed by atoms with Gasteiger partial charge in [0, 0.05) is 23.6 Å². The van der Waals surface area contributed by atoms with Gasteiger partial charge in [-0.2, -0.15) is 0 Å². The van der Waals surface area contributed by atoms with Crippen molar-refractivity contribution in [3.8, 4) is 22.2 Å². The predicted molar refractivity (Wildman–Crippen MR) is 144 cm³/mol. The summed E-state index contributed by atoms with van der Waals surface area (Å²) in [4.78, 5) is 35.2. The zero-order valence-electron chi connectivity index (χ0n) is 21.3. The first-order valence-corrected chi connectivity index (χ1v) is 13.1. The summed E-state index contributed by atoms with van der Waals surface area (Å²) in [7, 11) is 0. The third-order valence-corrected chi connectivity index (χ3v) is 7.55. The van der Waals surface area contributed by atoms with Crippen LogP contribution in [0, 0.1) is 19.7 Å². The maximum Gasteiger partial charge on any atom is 0.412 e. The molecule has 1 N–H and O–H groups in total. The van der Waals surface area contributed by atoms with Gasteiger partial charge in [-0.15, -0.1) is 11.3 Å². The first-order valence-electron chi connectivity index (χ1n) is 12.3. The molecule has 10 nitrogen and oxygen atoms in total. The molecular weight excluding hydrogens is 523 g/mol. The molecule has 1 unspecified atom stereocenters. The van der Waals surface area contributed by atoms with Gasteiger partial charge in [0.2, 0.25) is 5.88 Å². The van der Waals surface area contributed by atoms with Crippen LogP contribution < -0.4 is 14.4 Å². The van der Waals surface area contributed by atoms with Gasteiger partial charge in [0.05, 0.1) is 58.7 Å². The largest absolute Gasteiger partial charge is 0.485 e. The summed E-state index contributed by atoms with van der Waals surface area (Å²) in [6, 6.07) is 5.28. The van der Waals surface area contributed by atoms with Gasteiger partial charge in [0.1, 0.15) is 16.9 Å². The minimum atomic E-state index is -1.17. The number of carboxylic acid groups (broad SMARTS) is 1. The van der Waals surface area contributed by atoms with Crippen molar-refractivity contribution in [2.75, 3.05) is 18.1 Å². The highest BCUT2D eigenvalue weighted by molar-refractivity contribution is 7.22. The van der Waals surface area contributed by atoms with E-state index >= 15 is 4.39 Å². The molecule has 12 heteroatoms. The average Bonchev–Trinajstić information content (AvgIpc) is 3.52. The number of rotatable bonds is 6. The molecule has 0 saturated carbocycles. The monoisotopic (exact) mass is 546 g/mol. The van der Waals surface area contributed by atoms with Gasteiger partial charge in [0.15, 0.2) is 11.6 Å². The number of amides is 1. The number of nitrogens with zero attached hydrogens (tertiary/aromatic N) is 6. The van der Waals surface area contributed by atoms with Crippen molar-refractivity contribution in [2.45, 2.75) is 33.3 Å². The zero-order chi connectivity index (χ0) is 27.3. The fourth-order valence-electron chi connectivity index (χ4n) is 4.70. The molecule has 1 atom stereocenters. The minimum Gasteiger partial charge on any atom is -0.485 e. The molecule has 4 heterocycles. The molecule has 3 aromatic heterocycles. The van der Waals surface area contributed by atoms with Crippen LogP contribution >= 0.6 is 11.3 Å². The fraction of sp³-hybridized carbons (Fsp3) is 0.259. The molecule has 1 aliphatic heterocycles. The van der Waals surface area contributed by atoms with Gasteiger partial charge in [0.25, 0.3) is 0 Å². The molecule has 198 valence electrons. The van der Waals surface area contributed by atoms with Gasteiger partial charge in [-0.05, 0) is 38.5 Å². The van der Waals surface area contributed by atoms with Crippen LogP contribution in [0.4, 0.5) is 14.9 Å². The van der Waals surface area contributed by atoms with E-state index in [0.717, 1.165) is 20.7 Å². The summed E-state index contributed by atoms with van der Waals surface area (Å²) in [6.07, 6.45) is 3.03. The number of fused-ring (bicyclic) bond motifs is 4. The van der Waals surface area contributed by atoms with E-state index in [1.807, 2.05) is 26.0 Å². The van der Waals surface area contributed by atoms with Crippen LogP contribution in [0.3, 0.4) is 0 Å². The molecule has 2 aromatic carbocycles. The first-order chi connectivity index (χ1) is 18.8. The smallest absolute Gasteiger partial charge is 0.412 e. The van der Waals surface area contributed by atoms with Crippen LogP contribution in [0.25, 0.3) is 31.8 Å². The van der Waals surface area contributed by atoms with Crippen molar-refractivity contribution < 1.29 is 23.8 Å². The number of hydrogen-bond donors (Lipinski definition) is 1. The molecule has 1 amide bonds. The summed E-state index contributed by atoms with van der Waals surface area (Å²) in [6.45, 7) is 6.04. The van der Waals surface area contributed by atoms with E-state index in [0.29, 0.717) is 57.5 Å². The Labute approximate surface area is 226 Å². The minimum absolute atomic E-state index is 0.0106. The number of anilines is 1. The normalized spacial score (nSPS) is 14.4. The van der Waals surface area contributed by atoms with Crippen LogP contribution in [0.2, 0.25) is 0 Å². The van der Waals surface area contributed by atoms with Gasteiger partial charge in [-0.1, -0.05) is 0 Å². The van der Waals surface area contributed by atoms with Gasteiger partial charge in [-0.25, -0.2) is 34.1 Å². The summed E-state index contributed by atoms with van der Waals surface area (Å²) < 4.78 is 27.4. The molecular formula is C27H23FN6O4S. The summed E-state index contributed by atoms with van der Waals surface area (Å²) in [5.74, 6) is 0.568. The predicted octanol–water partition coefficient (Wildman–Crippen LogP) is 5.34. The Morgan fingerprint density at radius 1 is 1.15 bits per heavy atom. The fourth-order valence-corrected chi connectivity index (χ4v) is 5.81. The standard InChI is InChI=1S/C27H23FN6O4S/c1-4-37-22-11-31-23-17(5-13(2)6-20(23)32-22)26-33-21-8-19(28)24-18(25(21)39-26)7-16(38-24)12-34(27(35)36)15-9-29-14(3)30-10-15/h5-6,8-11,16H,4,7,12H2,1-3H3,(H,35,36). The Hall–Kier alpha value is -4.45. The van der Waals surface area contributed by atoms with Crippen molar-refractivity contribution in [2.24, 2.45) is 0 Å². The van der Waals surface area contributed by atoms with E-state index in [1.54, 1.807) is 13.1 Å². The molecule has 6 rings (SSSR count). The SMILES string of the molecule is CCOc1cnc2c(-c3nc4cc(F)c5c(c4s3)CC(CN(C(=O)O)c3cnc(C)nc3)O5)cc(C)cc2n1. The van der Waals surface area contributed by atoms with Crippen molar-refractivity contribution >= 4 is 44.4 Å². The number of halogens is 1. The van der Waals surface area contributed by atoms with Gasteiger partial charge < -0.3 is 14.6 Å². The average molecular weight is 547 g/mol. The van der Waals surface area contributed by atoms with Crippen molar-refractivity contribution in [1.82, 2.24) is 24.9 Å². The second-order valence-corrected chi connectivity index (χ2v) is 10.2. The van der Waals surface area contributed by atoms with E-state index < -0.39 is 18.0 Å². The number of ether oxygens (including phenoxy) is 2. The van der Waals surface area contributed by atoms with E-state index in [9.17, 15) is 9.90 Å². The summed E-state index contributed by atoms with van der Waals surface area (Å²) >= 11 is 1.42. The molecule has 0 fully saturated rings. The van der Waals surface area contributed by atoms with Crippen molar-refractivity contribution in [3.63, 3.8) is 0 Å². The molecule has 0 saturated heterocycles. The summed E-state index contributed by atoms with van der Waals surface area (Å²) in [5.41, 5.74) is 4.63. The molecule has 0 spiro atoms. The lowest BCUT2D eigenvalue weighted by Crippen LogP contribution is -2.38. The van der Waals surface area contributed by atoms with Crippen LogP contribution in [-0.2, 0) is 6.42 Å². The van der Waals surface area contributed by atoms with E-state index in [4.69, 9.17) is 14.5 Å². The first kappa shape index (κ1) is 24.9. The van der Waals surface area contributed by atoms with Crippen LogP contribution in [0.5, 0.6) is 11.6 Å². The second-order valence-electron chi connectivity index (χ2n) is 9.18. The Balaban J connectivity index is 1.36. The highest BCUT2D eigenvalue weighted by Crippen LogP contribution is 2.43. The highest BCUT2D eigenvalue weighted by Gasteiger charge is 2.33. The number of thiazole rings is 1. The van der Waals surface area contributed by atoms with Crippen LogP contribution in [0.1, 0.15) is 23.9 Å². The number of aryl methyl sites for hydroxylation is 2. The Morgan fingerprint density at radius 2 is 1.95 bits per heavy atom. The number of benzene rings is 2. The van der Waals surface area contributed by atoms with E-state index in [1.165, 1.54) is 29.8 Å².